The van der Waals surface area contributed by atoms with Crippen molar-refractivity contribution in [3.63, 3.8) is 0 Å². The first-order valence-electron chi connectivity index (χ1n) is 8.55. The quantitative estimate of drug-likeness (QED) is 0.176. The van der Waals surface area contributed by atoms with Crippen LogP contribution < -0.4 is 4.80 Å². The van der Waals surface area contributed by atoms with Gasteiger partial charge in [0.15, 0.2) is 0 Å². The number of nitro groups is 1. The highest BCUT2D eigenvalue weighted by atomic mass is 35.5. The third-order valence-corrected chi connectivity index (χ3v) is 5.60. The van der Waals surface area contributed by atoms with Crippen molar-refractivity contribution in [3.8, 4) is 11.3 Å². The fourth-order valence-corrected chi connectivity index (χ4v) is 3.88. The lowest BCUT2D eigenvalue weighted by molar-refractivity contribution is -0.384. The molecule has 2 aromatic carbocycles. The van der Waals surface area contributed by atoms with Gasteiger partial charge in [0.25, 0.3) is 5.69 Å². The molecule has 0 atom stereocenters. The Hall–Kier alpha value is -2.45. The molecular weight excluding hydrogens is 467 g/mol. The van der Waals surface area contributed by atoms with Gasteiger partial charge in [0.05, 0.1) is 28.4 Å². The Balaban J connectivity index is 2.13. The van der Waals surface area contributed by atoms with E-state index in [2.05, 4.69) is 16.7 Å². The lowest BCUT2D eigenvalue weighted by atomic mass is 10.2. The molecule has 10 heteroatoms. The maximum Gasteiger partial charge on any atom is 0.288 e. The molecule has 1 aromatic heterocycles. The van der Waals surface area contributed by atoms with Gasteiger partial charge in [0, 0.05) is 27.6 Å². The number of hydrogen-bond acceptors (Lipinski definition) is 5. The van der Waals surface area contributed by atoms with Crippen LogP contribution in [0.25, 0.3) is 11.3 Å². The summed E-state index contributed by atoms with van der Waals surface area (Å²) < 4.78 is 1.62. The van der Waals surface area contributed by atoms with Crippen molar-refractivity contribution < 1.29 is 4.92 Å². The Morgan fingerprint density at radius 2 is 1.97 bits per heavy atom. The third-order valence-electron chi connectivity index (χ3n) is 3.86. The van der Waals surface area contributed by atoms with Crippen LogP contribution in [-0.4, -0.2) is 22.4 Å². The molecule has 0 unspecified atom stereocenters. The summed E-state index contributed by atoms with van der Waals surface area (Å²) in [5.74, 6) is 0. The average Bonchev–Trinajstić information content (AvgIpc) is 3.10. The van der Waals surface area contributed by atoms with Gasteiger partial charge in [0.1, 0.15) is 5.02 Å². The molecule has 30 heavy (non-hydrogen) atoms. The van der Waals surface area contributed by atoms with E-state index in [1.165, 1.54) is 29.7 Å². The molecule has 0 bridgehead atoms. The molecule has 3 aromatic rings. The molecule has 0 fully saturated rings. The van der Waals surface area contributed by atoms with Crippen LogP contribution in [0.4, 0.5) is 5.69 Å². The minimum absolute atomic E-state index is 0.0591. The Bertz CT molecular complexity index is 1230. The van der Waals surface area contributed by atoms with Crippen LogP contribution in [0.3, 0.4) is 0 Å². The smallest absolute Gasteiger partial charge is 0.258 e. The van der Waals surface area contributed by atoms with Crippen molar-refractivity contribution in [2.45, 2.75) is 6.92 Å². The van der Waals surface area contributed by atoms with E-state index in [4.69, 9.17) is 34.8 Å². The van der Waals surface area contributed by atoms with E-state index in [1.807, 2.05) is 12.3 Å². The third kappa shape index (κ3) is 5.17. The molecule has 0 aliphatic heterocycles. The summed E-state index contributed by atoms with van der Waals surface area (Å²) in [7, 11) is 0. The van der Waals surface area contributed by atoms with Crippen LogP contribution in [0.1, 0.15) is 12.5 Å². The zero-order valence-corrected chi connectivity index (χ0v) is 18.8. The van der Waals surface area contributed by atoms with Crippen LogP contribution in [0.15, 0.2) is 64.0 Å². The van der Waals surface area contributed by atoms with E-state index in [9.17, 15) is 10.1 Å². The van der Waals surface area contributed by atoms with Gasteiger partial charge in [-0.2, -0.15) is 5.10 Å². The van der Waals surface area contributed by atoms with E-state index in [0.29, 0.717) is 38.2 Å². The molecule has 0 radical (unpaired) electrons. The average molecular weight is 482 g/mol. The number of nitrogens with zero attached hydrogens (tertiary/aromatic N) is 4. The standard InChI is InChI=1S/C20H15Cl3N4O2S/c1-12(2)9-24-20-26(19(11-30-20)15-8-14(21)4-6-16(15)22)25-10-13-3-5-17(23)18(7-13)27(28)29/h3-8,10-11H,1,9H2,2H3. The topological polar surface area (TPSA) is 72.8 Å². The Kier molecular flexibility index (Phi) is 7.10. The maximum absolute atomic E-state index is 11.1. The van der Waals surface area contributed by atoms with Gasteiger partial charge in [-0.15, -0.1) is 11.3 Å². The van der Waals surface area contributed by atoms with Crippen LogP contribution in [0.2, 0.25) is 15.1 Å². The number of aromatic nitrogens is 1. The van der Waals surface area contributed by atoms with Crippen LogP contribution >= 0.6 is 46.1 Å². The second-order valence-electron chi connectivity index (χ2n) is 6.33. The summed E-state index contributed by atoms with van der Waals surface area (Å²) in [6, 6.07) is 9.61. The Labute approximate surface area is 191 Å². The summed E-state index contributed by atoms with van der Waals surface area (Å²) in [6.07, 6.45) is 1.50. The normalized spacial score (nSPS) is 11.9. The van der Waals surface area contributed by atoms with E-state index in [1.54, 1.807) is 28.9 Å². The Morgan fingerprint density at radius 3 is 2.67 bits per heavy atom. The predicted octanol–water partition coefficient (Wildman–Crippen LogP) is 6.44. The lowest BCUT2D eigenvalue weighted by Gasteiger charge is -2.06. The minimum Gasteiger partial charge on any atom is -0.258 e. The predicted molar refractivity (Wildman–Crippen MR) is 124 cm³/mol. The summed E-state index contributed by atoms with van der Waals surface area (Å²) in [5, 5.41) is 18.6. The minimum atomic E-state index is -0.539. The number of halogens is 3. The first-order chi connectivity index (χ1) is 14.3. The molecular formula is C20H15Cl3N4O2S. The van der Waals surface area contributed by atoms with Crippen molar-refractivity contribution in [1.29, 1.82) is 0 Å². The SMILES string of the molecule is C=C(C)CN=c1scc(-c2cc(Cl)ccc2Cl)n1N=Cc1ccc(Cl)c([N+](=O)[O-])c1. The highest BCUT2D eigenvalue weighted by Crippen LogP contribution is 2.31. The van der Waals surface area contributed by atoms with Crippen LogP contribution in [-0.2, 0) is 0 Å². The fourth-order valence-electron chi connectivity index (χ4n) is 2.48. The molecule has 0 spiro atoms. The molecule has 0 amide bonds. The molecule has 154 valence electrons. The molecule has 0 saturated heterocycles. The van der Waals surface area contributed by atoms with Gasteiger partial charge < -0.3 is 0 Å². The van der Waals surface area contributed by atoms with E-state index in [-0.39, 0.29) is 10.7 Å². The van der Waals surface area contributed by atoms with Crippen molar-refractivity contribution in [1.82, 2.24) is 4.68 Å². The summed E-state index contributed by atoms with van der Waals surface area (Å²) >= 11 is 19.8. The van der Waals surface area contributed by atoms with Crippen molar-refractivity contribution >= 4 is 58.0 Å². The summed E-state index contributed by atoms with van der Waals surface area (Å²) in [6.45, 7) is 6.18. The van der Waals surface area contributed by atoms with Crippen molar-refractivity contribution in [3.05, 3.63) is 89.5 Å². The molecule has 6 nitrogen and oxygen atoms in total. The number of nitro benzene ring substituents is 1. The first-order valence-corrected chi connectivity index (χ1v) is 10.6. The highest BCUT2D eigenvalue weighted by Gasteiger charge is 2.14. The first kappa shape index (κ1) is 22.2. The van der Waals surface area contributed by atoms with E-state index >= 15 is 0 Å². The van der Waals surface area contributed by atoms with Crippen molar-refractivity contribution in [2.24, 2.45) is 10.1 Å². The number of thiazole rings is 1. The van der Waals surface area contributed by atoms with Crippen LogP contribution in [0, 0.1) is 10.1 Å². The largest absolute Gasteiger partial charge is 0.288 e. The number of benzene rings is 2. The lowest BCUT2D eigenvalue weighted by Crippen LogP contribution is -2.13. The zero-order chi connectivity index (χ0) is 21.8. The second-order valence-corrected chi connectivity index (χ2v) is 8.41. The fraction of sp³-hybridized carbons (Fsp3) is 0.100. The molecule has 0 aliphatic carbocycles. The Morgan fingerprint density at radius 1 is 1.23 bits per heavy atom. The summed E-state index contributed by atoms with van der Waals surface area (Å²) in [5.41, 5.74) is 2.60. The van der Waals surface area contributed by atoms with Gasteiger partial charge in [-0.3, -0.25) is 15.1 Å². The molecule has 0 N–H and O–H groups in total. The van der Waals surface area contributed by atoms with Gasteiger partial charge >= 0.3 is 0 Å². The van der Waals surface area contributed by atoms with Crippen LogP contribution in [0.5, 0.6) is 0 Å². The molecule has 0 saturated carbocycles. The van der Waals surface area contributed by atoms with Gasteiger partial charge in [-0.05, 0) is 31.2 Å². The van der Waals surface area contributed by atoms with Gasteiger partial charge in [0.2, 0.25) is 4.80 Å². The molecule has 1 heterocycles. The van der Waals surface area contributed by atoms with E-state index in [0.717, 1.165) is 5.57 Å². The monoisotopic (exact) mass is 480 g/mol. The molecule has 3 rings (SSSR count). The number of hydrogen-bond donors (Lipinski definition) is 0. The second kappa shape index (κ2) is 9.57. The van der Waals surface area contributed by atoms with Gasteiger partial charge in [-0.25, -0.2) is 4.68 Å². The van der Waals surface area contributed by atoms with Gasteiger partial charge in [-0.1, -0.05) is 53.0 Å². The summed E-state index contributed by atoms with van der Waals surface area (Å²) in [4.78, 5) is 15.8. The van der Waals surface area contributed by atoms with E-state index < -0.39 is 4.92 Å². The van der Waals surface area contributed by atoms with Crippen molar-refractivity contribution in [2.75, 3.05) is 6.54 Å². The number of rotatable bonds is 6. The molecule has 0 aliphatic rings. The zero-order valence-electron chi connectivity index (χ0n) is 15.7. The maximum atomic E-state index is 11.1. The highest BCUT2D eigenvalue weighted by molar-refractivity contribution is 7.07.